The molecule has 3 aliphatic rings. The Labute approximate surface area is 117 Å². The van der Waals surface area contributed by atoms with E-state index in [9.17, 15) is 4.79 Å². The van der Waals surface area contributed by atoms with Crippen molar-refractivity contribution in [3.63, 3.8) is 0 Å². The Morgan fingerprint density at radius 2 is 2.25 bits per heavy atom. The predicted octanol–water partition coefficient (Wildman–Crippen LogP) is 1.65. The molecule has 0 radical (unpaired) electrons. The first-order valence-electron chi connectivity index (χ1n) is 7.02. The first kappa shape index (κ1) is 11.6. The number of aromatic nitrogens is 1. The summed E-state index contributed by atoms with van der Waals surface area (Å²) in [6.45, 7) is 2.93. The molecular weight excluding hydrogens is 252 g/mol. The average molecular weight is 268 g/mol. The fourth-order valence-electron chi connectivity index (χ4n) is 2.83. The highest BCUT2D eigenvalue weighted by Crippen LogP contribution is 2.32. The zero-order valence-electron chi connectivity index (χ0n) is 11.3. The molecule has 1 aromatic rings. The summed E-state index contributed by atoms with van der Waals surface area (Å²) in [7, 11) is 0. The molecule has 0 spiro atoms. The van der Waals surface area contributed by atoms with Crippen molar-refractivity contribution in [3.05, 3.63) is 35.5 Å². The first-order chi connectivity index (χ1) is 9.74. The maximum absolute atomic E-state index is 12.3. The van der Waals surface area contributed by atoms with Gasteiger partial charge in [-0.25, -0.2) is 9.98 Å². The van der Waals surface area contributed by atoms with E-state index in [1.165, 1.54) is 12.8 Å². The normalized spacial score (nSPS) is 24.9. The van der Waals surface area contributed by atoms with E-state index in [1.807, 2.05) is 6.92 Å². The molecule has 1 atom stereocenters. The molecule has 1 N–H and O–H groups in total. The van der Waals surface area contributed by atoms with Crippen molar-refractivity contribution in [1.82, 2.24) is 15.2 Å². The van der Waals surface area contributed by atoms with Gasteiger partial charge in [-0.3, -0.25) is 4.79 Å². The van der Waals surface area contributed by atoms with Gasteiger partial charge in [-0.2, -0.15) is 0 Å². The van der Waals surface area contributed by atoms with Crippen LogP contribution in [-0.2, 0) is 0 Å². The van der Waals surface area contributed by atoms with Crippen LogP contribution in [0.1, 0.15) is 30.1 Å². The molecule has 1 amide bonds. The number of hydrogen-bond acceptors (Lipinski definition) is 4. The van der Waals surface area contributed by atoms with E-state index in [2.05, 4.69) is 21.3 Å². The molecule has 1 aromatic heterocycles. The van der Waals surface area contributed by atoms with Crippen LogP contribution >= 0.6 is 0 Å². The molecule has 3 heterocycles. The molecule has 0 bridgehead atoms. The summed E-state index contributed by atoms with van der Waals surface area (Å²) in [5.41, 5.74) is 1.71. The number of nitrogens with zero attached hydrogens (tertiary/aromatic N) is 3. The molecule has 4 rings (SSSR count). The van der Waals surface area contributed by atoms with Crippen LogP contribution < -0.4 is 5.32 Å². The lowest BCUT2D eigenvalue weighted by Crippen LogP contribution is -2.51. The van der Waals surface area contributed by atoms with Crippen molar-refractivity contribution < 1.29 is 4.79 Å². The van der Waals surface area contributed by atoms with Gasteiger partial charge in [-0.05, 0) is 37.5 Å². The summed E-state index contributed by atoms with van der Waals surface area (Å²) in [6.07, 6.45) is 6.29. The lowest BCUT2D eigenvalue weighted by atomic mass is 10.0. The third-order valence-electron chi connectivity index (χ3n) is 4.13. The molecule has 102 valence electrons. The van der Waals surface area contributed by atoms with E-state index in [1.54, 1.807) is 18.3 Å². The Hall–Kier alpha value is -2.17. The molecule has 5 nitrogen and oxygen atoms in total. The Morgan fingerprint density at radius 3 is 3.05 bits per heavy atom. The Balaban J connectivity index is 1.85. The standard InChI is InChI=1S/C15H16N4O/c1-9-6-8-19(10-4-5-10)14-12(9)17-15(20)11-3-2-7-16-13(11)18-14/h2-3,6-7,10,12H,4-5,8H2,1H3,(H,17,20). The maximum Gasteiger partial charge on any atom is 0.255 e. The van der Waals surface area contributed by atoms with Crippen LogP contribution in [-0.4, -0.2) is 40.3 Å². The molecular formula is C15H16N4O. The largest absolute Gasteiger partial charge is 0.351 e. The van der Waals surface area contributed by atoms with Gasteiger partial charge in [-0.1, -0.05) is 6.08 Å². The summed E-state index contributed by atoms with van der Waals surface area (Å²) >= 11 is 0. The lowest BCUT2D eigenvalue weighted by Gasteiger charge is -2.34. The van der Waals surface area contributed by atoms with Crippen LogP contribution in [0, 0.1) is 0 Å². The maximum atomic E-state index is 12.3. The Kier molecular flexibility index (Phi) is 2.42. The summed E-state index contributed by atoms with van der Waals surface area (Å²) < 4.78 is 0. The SMILES string of the molecule is CC1=CCN(C2CC2)C2=Nc3ncccc3C(=O)NC12. The number of amides is 1. The van der Waals surface area contributed by atoms with E-state index < -0.39 is 0 Å². The number of pyridine rings is 1. The van der Waals surface area contributed by atoms with Crippen LogP contribution in [0.15, 0.2) is 35.0 Å². The smallest absolute Gasteiger partial charge is 0.255 e. The molecule has 0 saturated heterocycles. The molecule has 1 fully saturated rings. The molecule has 1 saturated carbocycles. The van der Waals surface area contributed by atoms with Crippen molar-refractivity contribution in [1.29, 1.82) is 0 Å². The summed E-state index contributed by atoms with van der Waals surface area (Å²) in [4.78, 5) is 23.6. The van der Waals surface area contributed by atoms with Gasteiger partial charge in [0.15, 0.2) is 5.82 Å². The second-order valence-electron chi connectivity index (χ2n) is 5.58. The second-order valence-corrected chi connectivity index (χ2v) is 5.58. The first-order valence-corrected chi connectivity index (χ1v) is 7.02. The number of rotatable bonds is 1. The van der Waals surface area contributed by atoms with Crippen molar-refractivity contribution in [2.24, 2.45) is 4.99 Å². The van der Waals surface area contributed by atoms with Gasteiger partial charge in [0, 0.05) is 18.8 Å². The highest BCUT2D eigenvalue weighted by Gasteiger charge is 2.39. The van der Waals surface area contributed by atoms with Crippen LogP contribution in [0.4, 0.5) is 5.82 Å². The third-order valence-corrected chi connectivity index (χ3v) is 4.13. The van der Waals surface area contributed by atoms with Crippen molar-refractivity contribution >= 4 is 17.6 Å². The minimum atomic E-state index is -0.119. The lowest BCUT2D eigenvalue weighted by molar-refractivity contribution is 0.0950. The Bertz CT molecular complexity index is 645. The van der Waals surface area contributed by atoms with E-state index in [0.29, 0.717) is 17.4 Å². The van der Waals surface area contributed by atoms with Crippen molar-refractivity contribution in [3.8, 4) is 0 Å². The van der Waals surface area contributed by atoms with E-state index in [-0.39, 0.29) is 11.9 Å². The van der Waals surface area contributed by atoms with Gasteiger partial charge < -0.3 is 10.2 Å². The van der Waals surface area contributed by atoms with E-state index in [0.717, 1.165) is 18.0 Å². The highest BCUT2D eigenvalue weighted by molar-refractivity contribution is 6.06. The molecule has 1 aliphatic carbocycles. The summed E-state index contributed by atoms with van der Waals surface area (Å²) in [6, 6.07) is 4.00. The highest BCUT2D eigenvalue weighted by atomic mass is 16.1. The van der Waals surface area contributed by atoms with Gasteiger partial charge in [0.25, 0.3) is 5.91 Å². The predicted molar refractivity (Wildman–Crippen MR) is 76.1 cm³/mol. The number of carbonyl (C=O) groups is 1. The van der Waals surface area contributed by atoms with Gasteiger partial charge in [0.05, 0.1) is 5.56 Å². The second kappa shape index (κ2) is 4.16. The van der Waals surface area contributed by atoms with E-state index >= 15 is 0 Å². The zero-order valence-corrected chi connectivity index (χ0v) is 11.3. The number of fused-ring (bicyclic) bond motifs is 2. The Morgan fingerprint density at radius 1 is 1.40 bits per heavy atom. The number of carbonyl (C=O) groups excluding carboxylic acids is 1. The third kappa shape index (κ3) is 1.73. The average Bonchev–Trinajstić information content (AvgIpc) is 3.27. The topological polar surface area (TPSA) is 57.6 Å². The molecule has 1 unspecified atom stereocenters. The van der Waals surface area contributed by atoms with Crippen LogP contribution in [0.2, 0.25) is 0 Å². The minimum absolute atomic E-state index is 0.0951. The fraction of sp³-hybridized carbons (Fsp3) is 0.400. The quantitative estimate of drug-likeness (QED) is 0.788. The van der Waals surface area contributed by atoms with Crippen LogP contribution in [0.3, 0.4) is 0 Å². The van der Waals surface area contributed by atoms with Gasteiger partial charge in [0.2, 0.25) is 0 Å². The molecule has 5 heteroatoms. The van der Waals surface area contributed by atoms with Gasteiger partial charge >= 0.3 is 0 Å². The number of amidine groups is 1. The number of hydrogen-bond donors (Lipinski definition) is 1. The summed E-state index contributed by atoms with van der Waals surface area (Å²) in [5.74, 6) is 1.38. The zero-order chi connectivity index (χ0) is 13.7. The summed E-state index contributed by atoms with van der Waals surface area (Å²) in [5, 5.41) is 3.08. The van der Waals surface area contributed by atoms with Crippen molar-refractivity contribution in [2.45, 2.75) is 31.8 Å². The van der Waals surface area contributed by atoms with E-state index in [4.69, 9.17) is 4.99 Å². The molecule has 2 aliphatic heterocycles. The molecule has 20 heavy (non-hydrogen) atoms. The number of nitrogens with one attached hydrogen (secondary N) is 1. The van der Waals surface area contributed by atoms with Gasteiger partial charge in [-0.15, -0.1) is 0 Å². The van der Waals surface area contributed by atoms with Crippen molar-refractivity contribution in [2.75, 3.05) is 6.54 Å². The monoisotopic (exact) mass is 268 g/mol. The fourth-order valence-corrected chi connectivity index (χ4v) is 2.83. The number of aliphatic imine (C=N–C) groups is 1. The van der Waals surface area contributed by atoms with Crippen LogP contribution in [0.25, 0.3) is 0 Å². The minimum Gasteiger partial charge on any atom is -0.351 e. The molecule has 0 aromatic carbocycles. The van der Waals surface area contributed by atoms with Crippen LogP contribution in [0.5, 0.6) is 0 Å². The van der Waals surface area contributed by atoms with Gasteiger partial charge in [0.1, 0.15) is 11.9 Å².